The number of rotatable bonds is 2. The van der Waals surface area contributed by atoms with E-state index < -0.39 is 0 Å². The van der Waals surface area contributed by atoms with Crippen molar-refractivity contribution >= 4 is 21.6 Å². The molecule has 2 heteroatoms. The lowest BCUT2D eigenvalue weighted by Gasteiger charge is -2.08. The molecule has 2 rings (SSSR count). The van der Waals surface area contributed by atoms with Crippen LogP contribution in [0, 0.1) is 6.92 Å². The second kappa shape index (κ2) is 4.71. The van der Waals surface area contributed by atoms with Gasteiger partial charge in [0.2, 0.25) is 0 Å². The molecule has 0 saturated heterocycles. The predicted molar refractivity (Wildman–Crippen MR) is 72.5 cm³/mol. The smallest absolute Gasteiger partial charge is 0.0361 e. The van der Waals surface area contributed by atoms with E-state index in [1.807, 2.05) is 12.1 Å². The molecule has 0 atom stereocenters. The number of hydrogen-bond acceptors (Lipinski definition) is 1. The van der Waals surface area contributed by atoms with E-state index in [-0.39, 0.29) is 0 Å². The summed E-state index contributed by atoms with van der Waals surface area (Å²) in [5, 5.41) is 0. The lowest BCUT2D eigenvalue weighted by atomic mass is 10.00. The van der Waals surface area contributed by atoms with Crippen LogP contribution in [0.4, 0.5) is 5.69 Å². The third-order valence-corrected chi connectivity index (χ3v) is 3.24. The Labute approximate surface area is 104 Å². The number of nitrogen functional groups attached to an aromatic ring is 1. The first-order valence-corrected chi connectivity index (χ1v) is 6.04. The Morgan fingerprint density at radius 1 is 1.06 bits per heavy atom. The molecule has 0 aromatic heterocycles. The van der Waals surface area contributed by atoms with Crippen LogP contribution in [0.2, 0.25) is 0 Å². The Bertz CT molecular complexity index is 506. The molecule has 0 spiro atoms. The van der Waals surface area contributed by atoms with Crippen LogP contribution in [0.15, 0.2) is 46.9 Å². The van der Waals surface area contributed by atoms with Crippen molar-refractivity contribution in [3.8, 4) is 0 Å². The molecule has 0 unspecified atom stereocenters. The summed E-state index contributed by atoms with van der Waals surface area (Å²) in [6.45, 7) is 2.13. The summed E-state index contributed by atoms with van der Waals surface area (Å²) < 4.78 is 1.03. The molecule has 0 aliphatic rings. The molecule has 0 fully saturated rings. The van der Waals surface area contributed by atoms with Gasteiger partial charge < -0.3 is 5.73 Å². The van der Waals surface area contributed by atoms with Crippen LogP contribution < -0.4 is 5.73 Å². The number of anilines is 1. The van der Waals surface area contributed by atoms with Crippen LogP contribution >= 0.6 is 15.9 Å². The first-order valence-electron chi connectivity index (χ1n) is 5.25. The van der Waals surface area contributed by atoms with Crippen molar-refractivity contribution in [2.24, 2.45) is 0 Å². The van der Waals surface area contributed by atoms with Gasteiger partial charge in [0.15, 0.2) is 0 Å². The zero-order chi connectivity index (χ0) is 11.5. The van der Waals surface area contributed by atoms with Gasteiger partial charge in [-0.2, -0.15) is 0 Å². The number of nitrogens with two attached hydrogens (primary N) is 1. The quantitative estimate of drug-likeness (QED) is 0.826. The standard InChI is InChI=1S/C14H14BrN/c1-10-4-2-3-5-11(10)8-12-6-7-13(15)9-14(12)16/h2-7,9H,8,16H2,1H3. The van der Waals surface area contributed by atoms with E-state index in [0.717, 1.165) is 16.6 Å². The summed E-state index contributed by atoms with van der Waals surface area (Å²) in [5.41, 5.74) is 10.7. The summed E-state index contributed by atoms with van der Waals surface area (Å²) in [6, 6.07) is 14.5. The highest BCUT2D eigenvalue weighted by molar-refractivity contribution is 9.10. The molecule has 1 nitrogen and oxygen atoms in total. The van der Waals surface area contributed by atoms with Crippen LogP contribution in [0.5, 0.6) is 0 Å². The summed E-state index contributed by atoms with van der Waals surface area (Å²) in [4.78, 5) is 0. The van der Waals surface area contributed by atoms with Crippen molar-refractivity contribution in [3.05, 3.63) is 63.6 Å². The Morgan fingerprint density at radius 2 is 1.81 bits per heavy atom. The van der Waals surface area contributed by atoms with Gasteiger partial charge in [0.1, 0.15) is 0 Å². The summed E-state index contributed by atoms with van der Waals surface area (Å²) in [6.07, 6.45) is 0.895. The molecule has 0 radical (unpaired) electrons. The fourth-order valence-corrected chi connectivity index (χ4v) is 2.12. The van der Waals surface area contributed by atoms with E-state index in [2.05, 4.69) is 53.2 Å². The third-order valence-electron chi connectivity index (χ3n) is 2.75. The van der Waals surface area contributed by atoms with E-state index >= 15 is 0 Å². The van der Waals surface area contributed by atoms with Crippen molar-refractivity contribution in [3.63, 3.8) is 0 Å². The fourth-order valence-electron chi connectivity index (χ4n) is 1.74. The second-order valence-corrected chi connectivity index (χ2v) is 4.86. The zero-order valence-corrected chi connectivity index (χ0v) is 10.8. The van der Waals surface area contributed by atoms with Crippen molar-refractivity contribution in [1.29, 1.82) is 0 Å². The molecule has 0 aliphatic heterocycles. The maximum atomic E-state index is 5.99. The van der Waals surface area contributed by atoms with E-state index in [0.29, 0.717) is 0 Å². The van der Waals surface area contributed by atoms with Gasteiger partial charge in [0.05, 0.1) is 0 Å². The minimum absolute atomic E-state index is 0.845. The molecule has 16 heavy (non-hydrogen) atoms. The van der Waals surface area contributed by atoms with Crippen molar-refractivity contribution < 1.29 is 0 Å². The molecule has 0 bridgehead atoms. The monoisotopic (exact) mass is 275 g/mol. The van der Waals surface area contributed by atoms with Crippen molar-refractivity contribution in [2.45, 2.75) is 13.3 Å². The Balaban J connectivity index is 2.31. The van der Waals surface area contributed by atoms with Gasteiger partial charge >= 0.3 is 0 Å². The Kier molecular flexibility index (Phi) is 3.30. The van der Waals surface area contributed by atoms with Gasteiger partial charge in [-0.15, -0.1) is 0 Å². The van der Waals surface area contributed by atoms with E-state index in [1.54, 1.807) is 0 Å². The van der Waals surface area contributed by atoms with Gasteiger partial charge in [0, 0.05) is 10.2 Å². The van der Waals surface area contributed by atoms with Crippen LogP contribution in [-0.4, -0.2) is 0 Å². The van der Waals surface area contributed by atoms with Gasteiger partial charge in [-0.3, -0.25) is 0 Å². The Morgan fingerprint density at radius 3 is 2.50 bits per heavy atom. The highest BCUT2D eigenvalue weighted by Crippen LogP contribution is 2.22. The predicted octanol–water partition coefficient (Wildman–Crippen LogP) is 3.93. The van der Waals surface area contributed by atoms with E-state index in [1.165, 1.54) is 16.7 Å². The second-order valence-electron chi connectivity index (χ2n) is 3.95. The minimum Gasteiger partial charge on any atom is -0.398 e. The number of halogens is 1. The SMILES string of the molecule is Cc1ccccc1Cc1ccc(Br)cc1N. The summed E-state index contributed by atoms with van der Waals surface area (Å²) in [7, 11) is 0. The van der Waals surface area contributed by atoms with Gasteiger partial charge in [-0.05, 0) is 42.2 Å². The lowest BCUT2D eigenvalue weighted by molar-refractivity contribution is 1.16. The highest BCUT2D eigenvalue weighted by Gasteiger charge is 2.03. The molecule has 2 aromatic carbocycles. The van der Waals surface area contributed by atoms with Crippen LogP contribution in [-0.2, 0) is 6.42 Å². The molecule has 0 amide bonds. The van der Waals surface area contributed by atoms with Crippen LogP contribution in [0.1, 0.15) is 16.7 Å². The topological polar surface area (TPSA) is 26.0 Å². The number of hydrogen-bond donors (Lipinski definition) is 1. The maximum absolute atomic E-state index is 5.99. The fraction of sp³-hybridized carbons (Fsp3) is 0.143. The molecule has 2 aromatic rings. The number of aryl methyl sites for hydroxylation is 1. The Hall–Kier alpha value is -1.28. The molecular formula is C14H14BrN. The summed E-state index contributed by atoms with van der Waals surface area (Å²) in [5.74, 6) is 0. The highest BCUT2D eigenvalue weighted by atomic mass is 79.9. The van der Waals surface area contributed by atoms with Gasteiger partial charge in [-0.1, -0.05) is 46.3 Å². The largest absolute Gasteiger partial charge is 0.398 e. The average molecular weight is 276 g/mol. The average Bonchev–Trinajstić information content (AvgIpc) is 2.25. The van der Waals surface area contributed by atoms with Crippen molar-refractivity contribution in [2.75, 3.05) is 5.73 Å². The third kappa shape index (κ3) is 2.45. The molecule has 0 aliphatic carbocycles. The molecule has 2 N–H and O–H groups in total. The van der Waals surface area contributed by atoms with E-state index in [4.69, 9.17) is 5.73 Å². The first-order chi connectivity index (χ1) is 7.66. The minimum atomic E-state index is 0.845. The lowest BCUT2D eigenvalue weighted by Crippen LogP contribution is -1.97. The molecule has 0 heterocycles. The zero-order valence-electron chi connectivity index (χ0n) is 9.20. The van der Waals surface area contributed by atoms with Crippen LogP contribution in [0.3, 0.4) is 0 Å². The summed E-state index contributed by atoms with van der Waals surface area (Å²) >= 11 is 3.42. The van der Waals surface area contributed by atoms with E-state index in [9.17, 15) is 0 Å². The first kappa shape index (κ1) is 11.2. The molecule has 0 saturated carbocycles. The normalized spacial score (nSPS) is 10.4. The molecule has 82 valence electrons. The van der Waals surface area contributed by atoms with Gasteiger partial charge in [0.25, 0.3) is 0 Å². The van der Waals surface area contributed by atoms with Crippen LogP contribution in [0.25, 0.3) is 0 Å². The van der Waals surface area contributed by atoms with Crippen molar-refractivity contribution in [1.82, 2.24) is 0 Å². The molecular weight excluding hydrogens is 262 g/mol. The van der Waals surface area contributed by atoms with Gasteiger partial charge in [-0.25, -0.2) is 0 Å². The maximum Gasteiger partial charge on any atom is 0.0361 e. The number of benzene rings is 2.